The first-order chi connectivity index (χ1) is 10.5. The maximum absolute atomic E-state index is 12.0. The summed E-state index contributed by atoms with van der Waals surface area (Å²) >= 11 is 0. The van der Waals surface area contributed by atoms with E-state index in [1.807, 2.05) is 38.1 Å². The minimum absolute atomic E-state index is 0.00413. The van der Waals surface area contributed by atoms with Crippen molar-refractivity contribution in [3.8, 4) is 5.75 Å². The number of carbonyl (C=O) groups is 1. The number of amides is 2. The molecule has 0 spiro atoms. The topological polar surface area (TPSA) is 70.6 Å². The number of aliphatic hydroxyl groups excluding tert-OH is 1. The van der Waals surface area contributed by atoms with Crippen LogP contribution in [0.5, 0.6) is 5.75 Å². The summed E-state index contributed by atoms with van der Waals surface area (Å²) in [5, 5.41) is 15.2. The van der Waals surface area contributed by atoms with E-state index in [1.54, 1.807) is 0 Å². The molecule has 122 valence electrons. The molecule has 1 aromatic carbocycles. The number of rotatable bonds is 6. The van der Waals surface area contributed by atoms with Gasteiger partial charge in [0, 0.05) is 0 Å². The number of carbonyl (C=O) groups excluding carboxylic acids is 1. The monoisotopic (exact) mass is 306 g/mol. The van der Waals surface area contributed by atoms with Crippen LogP contribution in [0.25, 0.3) is 0 Å². The van der Waals surface area contributed by atoms with Gasteiger partial charge in [-0.25, -0.2) is 4.79 Å². The Bertz CT molecular complexity index is 481. The summed E-state index contributed by atoms with van der Waals surface area (Å²) < 4.78 is 5.75. The van der Waals surface area contributed by atoms with Crippen molar-refractivity contribution in [1.82, 2.24) is 10.6 Å². The maximum Gasteiger partial charge on any atom is 0.315 e. The molecule has 5 nitrogen and oxygen atoms in total. The van der Waals surface area contributed by atoms with E-state index in [9.17, 15) is 9.90 Å². The van der Waals surface area contributed by atoms with Gasteiger partial charge < -0.3 is 20.5 Å². The summed E-state index contributed by atoms with van der Waals surface area (Å²) in [6, 6.07) is 7.59. The van der Waals surface area contributed by atoms with Gasteiger partial charge in [-0.15, -0.1) is 0 Å². The minimum Gasteiger partial charge on any atom is -0.489 e. The Kier molecular flexibility index (Phi) is 5.66. The molecule has 2 rings (SSSR count). The second-order valence-electron chi connectivity index (χ2n) is 6.22. The first-order valence-corrected chi connectivity index (χ1v) is 7.93. The Morgan fingerprint density at radius 3 is 2.55 bits per heavy atom. The van der Waals surface area contributed by atoms with E-state index in [0.29, 0.717) is 6.54 Å². The van der Waals surface area contributed by atoms with Crippen LogP contribution in [0, 0.1) is 6.92 Å². The molecule has 1 aliphatic rings. The molecular formula is C17H26N2O3. The molecular weight excluding hydrogens is 280 g/mol. The highest BCUT2D eigenvalue weighted by molar-refractivity contribution is 5.74. The molecule has 0 bridgehead atoms. The Morgan fingerprint density at radius 2 is 1.95 bits per heavy atom. The van der Waals surface area contributed by atoms with Crippen LogP contribution in [0.1, 0.15) is 38.2 Å². The lowest BCUT2D eigenvalue weighted by Crippen LogP contribution is -2.53. The summed E-state index contributed by atoms with van der Waals surface area (Å²) in [7, 11) is 0. The van der Waals surface area contributed by atoms with Gasteiger partial charge in [0.2, 0.25) is 0 Å². The molecule has 1 fully saturated rings. The fourth-order valence-corrected chi connectivity index (χ4v) is 2.79. The fraction of sp³-hybridized carbons (Fsp3) is 0.588. The van der Waals surface area contributed by atoms with Crippen LogP contribution in [0.4, 0.5) is 4.79 Å². The van der Waals surface area contributed by atoms with Crippen LogP contribution in [0.15, 0.2) is 24.3 Å². The number of urea groups is 1. The highest BCUT2D eigenvalue weighted by Crippen LogP contribution is 2.28. The van der Waals surface area contributed by atoms with E-state index in [2.05, 4.69) is 10.6 Å². The van der Waals surface area contributed by atoms with Crippen LogP contribution in [-0.2, 0) is 0 Å². The largest absolute Gasteiger partial charge is 0.489 e. The van der Waals surface area contributed by atoms with E-state index >= 15 is 0 Å². The second-order valence-corrected chi connectivity index (χ2v) is 6.22. The molecule has 22 heavy (non-hydrogen) atoms. The Balaban J connectivity index is 1.74. The molecule has 1 aromatic rings. The zero-order valence-electron chi connectivity index (χ0n) is 13.4. The van der Waals surface area contributed by atoms with Crippen LogP contribution in [0.2, 0.25) is 0 Å². The third kappa shape index (κ3) is 4.63. The number of hydrogen-bond acceptors (Lipinski definition) is 3. The van der Waals surface area contributed by atoms with E-state index < -0.39 is 5.54 Å². The molecule has 0 aromatic heterocycles. The van der Waals surface area contributed by atoms with Crippen LogP contribution in [0.3, 0.4) is 0 Å². The summed E-state index contributed by atoms with van der Waals surface area (Å²) in [6.07, 6.45) is 3.65. The minimum atomic E-state index is -0.439. The average molecular weight is 306 g/mol. The first-order valence-electron chi connectivity index (χ1n) is 7.93. The third-order valence-corrected chi connectivity index (χ3v) is 4.15. The normalized spacial score (nSPS) is 17.8. The van der Waals surface area contributed by atoms with Gasteiger partial charge in [-0.05, 0) is 38.8 Å². The lowest BCUT2D eigenvalue weighted by atomic mass is 9.99. The van der Waals surface area contributed by atoms with Crippen molar-refractivity contribution in [2.24, 2.45) is 0 Å². The van der Waals surface area contributed by atoms with E-state index in [-0.39, 0.29) is 18.7 Å². The van der Waals surface area contributed by atoms with Crippen molar-refractivity contribution < 1.29 is 14.6 Å². The molecule has 1 saturated carbocycles. The highest BCUT2D eigenvalue weighted by Gasteiger charge is 2.34. The molecule has 1 aliphatic carbocycles. The summed E-state index contributed by atoms with van der Waals surface area (Å²) in [5.74, 6) is 0.794. The van der Waals surface area contributed by atoms with Gasteiger partial charge in [0.1, 0.15) is 11.9 Å². The molecule has 0 aliphatic heterocycles. The van der Waals surface area contributed by atoms with Gasteiger partial charge in [-0.2, -0.15) is 0 Å². The molecule has 5 heteroatoms. The van der Waals surface area contributed by atoms with Crippen molar-refractivity contribution >= 4 is 6.03 Å². The predicted octanol–water partition coefficient (Wildman–Crippen LogP) is 2.37. The highest BCUT2D eigenvalue weighted by atomic mass is 16.5. The van der Waals surface area contributed by atoms with Gasteiger partial charge in [0.05, 0.1) is 18.7 Å². The van der Waals surface area contributed by atoms with Crippen molar-refractivity contribution in [1.29, 1.82) is 0 Å². The molecule has 1 unspecified atom stereocenters. The number of nitrogens with one attached hydrogen (secondary N) is 2. The van der Waals surface area contributed by atoms with Crippen LogP contribution < -0.4 is 15.4 Å². The van der Waals surface area contributed by atoms with Gasteiger partial charge in [-0.1, -0.05) is 30.5 Å². The van der Waals surface area contributed by atoms with Crippen molar-refractivity contribution in [3.05, 3.63) is 29.8 Å². The summed E-state index contributed by atoms with van der Waals surface area (Å²) in [5.41, 5.74) is 0.744. The SMILES string of the molecule is Cc1ccc(OC(C)CNC(=O)NC2(CO)CCCC2)cc1. The smallest absolute Gasteiger partial charge is 0.315 e. The van der Waals surface area contributed by atoms with Gasteiger partial charge >= 0.3 is 6.03 Å². The Labute approximate surface area is 132 Å². The van der Waals surface area contributed by atoms with Gasteiger partial charge in [0.25, 0.3) is 0 Å². The fourth-order valence-electron chi connectivity index (χ4n) is 2.79. The van der Waals surface area contributed by atoms with E-state index in [0.717, 1.165) is 31.4 Å². The van der Waals surface area contributed by atoms with Gasteiger partial charge in [0.15, 0.2) is 0 Å². The van der Waals surface area contributed by atoms with E-state index in [4.69, 9.17) is 4.74 Å². The Morgan fingerprint density at radius 1 is 1.32 bits per heavy atom. The predicted molar refractivity (Wildman–Crippen MR) is 86.1 cm³/mol. The standard InChI is InChI=1S/C17H26N2O3/c1-13-5-7-15(8-6-13)22-14(2)11-18-16(21)19-17(12-20)9-3-4-10-17/h5-8,14,20H,3-4,9-12H2,1-2H3,(H2,18,19,21). The van der Waals surface area contributed by atoms with Crippen LogP contribution in [-0.4, -0.2) is 35.9 Å². The zero-order valence-corrected chi connectivity index (χ0v) is 13.4. The number of hydrogen-bond donors (Lipinski definition) is 3. The molecule has 3 N–H and O–H groups in total. The lowest BCUT2D eigenvalue weighted by molar-refractivity contribution is 0.159. The molecule has 0 heterocycles. The van der Waals surface area contributed by atoms with Gasteiger partial charge in [-0.3, -0.25) is 0 Å². The van der Waals surface area contributed by atoms with Crippen molar-refractivity contribution in [3.63, 3.8) is 0 Å². The third-order valence-electron chi connectivity index (χ3n) is 4.15. The summed E-state index contributed by atoms with van der Waals surface area (Å²) in [6.45, 7) is 4.35. The Hall–Kier alpha value is -1.75. The molecule has 0 radical (unpaired) electrons. The number of benzene rings is 1. The zero-order chi connectivity index (χ0) is 16.0. The number of ether oxygens (including phenoxy) is 1. The molecule has 1 atom stereocenters. The van der Waals surface area contributed by atoms with Crippen molar-refractivity contribution in [2.75, 3.05) is 13.2 Å². The quantitative estimate of drug-likeness (QED) is 0.755. The van der Waals surface area contributed by atoms with E-state index in [1.165, 1.54) is 5.56 Å². The lowest BCUT2D eigenvalue weighted by Gasteiger charge is -2.28. The van der Waals surface area contributed by atoms with Crippen molar-refractivity contribution in [2.45, 2.75) is 51.2 Å². The average Bonchev–Trinajstić information content (AvgIpc) is 2.97. The number of aryl methyl sites for hydroxylation is 1. The molecule has 0 saturated heterocycles. The second kappa shape index (κ2) is 7.49. The first kappa shape index (κ1) is 16.6. The summed E-state index contributed by atoms with van der Waals surface area (Å²) in [4.78, 5) is 12.0. The number of aliphatic hydroxyl groups is 1. The van der Waals surface area contributed by atoms with Crippen LogP contribution >= 0.6 is 0 Å². The maximum atomic E-state index is 12.0. The molecule has 2 amide bonds.